The van der Waals surface area contributed by atoms with Gasteiger partial charge in [-0.15, -0.1) is 0 Å². The minimum absolute atomic E-state index is 0.00199. The normalized spacial score (nSPS) is 34.0. The van der Waals surface area contributed by atoms with Gasteiger partial charge < -0.3 is 0 Å². The molecule has 0 saturated heterocycles. The van der Waals surface area contributed by atoms with E-state index in [1.807, 2.05) is 0 Å². The van der Waals surface area contributed by atoms with Crippen molar-refractivity contribution in [2.24, 2.45) is 65.1 Å². The SMILES string of the molecule is C=C1CC(CC2=CCCC=C2)C(=O)C[C@@H](CC(C)C)C(=O)C(C)CC(CCC)C(C)CC(C(C)C)C(C)CCCCCC(C)C1C. The Hall–Kier alpha value is -1.44. The number of carbonyl (C=O) groups excluding carboxylic acids is 2. The van der Waals surface area contributed by atoms with E-state index in [-0.39, 0.29) is 23.5 Å². The van der Waals surface area contributed by atoms with Gasteiger partial charge in [0.1, 0.15) is 11.6 Å². The average Bonchev–Trinajstić information content (AvgIpc) is 3.00. The fourth-order valence-electron chi connectivity index (χ4n) is 8.92. The number of carbonyl (C=O) groups is 2. The Morgan fingerprint density at radius 3 is 2.09 bits per heavy atom. The zero-order chi connectivity index (χ0) is 34.4. The lowest BCUT2D eigenvalue weighted by atomic mass is 9.71. The lowest BCUT2D eigenvalue weighted by Crippen LogP contribution is -2.31. The Kier molecular flexibility index (Phi) is 18.4. The quantitative estimate of drug-likeness (QED) is 0.261. The summed E-state index contributed by atoms with van der Waals surface area (Å²) < 4.78 is 0. The van der Waals surface area contributed by atoms with Crippen molar-refractivity contribution in [3.8, 4) is 0 Å². The van der Waals surface area contributed by atoms with E-state index in [1.165, 1.54) is 62.5 Å². The third-order valence-electron chi connectivity index (χ3n) is 12.3. The largest absolute Gasteiger partial charge is 0.299 e. The number of allylic oxidation sites excluding steroid dienone is 5. The molecule has 2 heteroatoms. The van der Waals surface area contributed by atoms with Gasteiger partial charge in [-0.05, 0) is 92.3 Å². The molecule has 2 rings (SSSR count). The van der Waals surface area contributed by atoms with Gasteiger partial charge >= 0.3 is 0 Å². The second kappa shape index (κ2) is 20.8. The van der Waals surface area contributed by atoms with Crippen LogP contribution in [-0.2, 0) is 9.59 Å². The summed E-state index contributed by atoms with van der Waals surface area (Å²) in [5.74, 6) is 5.02. The Morgan fingerprint density at radius 2 is 1.50 bits per heavy atom. The number of hydrogen-bond donors (Lipinski definition) is 0. The lowest BCUT2D eigenvalue weighted by Gasteiger charge is -2.34. The van der Waals surface area contributed by atoms with Crippen LogP contribution in [-0.4, -0.2) is 11.6 Å². The predicted molar refractivity (Wildman–Crippen MR) is 201 cm³/mol. The highest BCUT2D eigenvalue weighted by Gasteiger charge is 2.34. The first-order valence-electron chi connectivity index (χ1n) is 19.8. The lowest BCUT2D eigenvalue weighted by molar-refractivity contribution is -0.132. The van der Waals surface area contributed by atoms with E-state index >= 15 is 0 Å². The topological polar surface area (TPSA) is 34.1 Å². The molecular formula is C44H76O2. The number of Topliss-reactive ketones (excluding diaryl/α,β-unsaturated/α-hetero) is 2. The van der Waals surface area contributed by atoms with E-state index < -0.39 is 0 Å². The van der Waals surface area contributed by atoms with Gasteiger partial charge in [0.15, 0.2) is 0 Å². The first-order chi connectivity index (χ1) is 21.7. The van der Waals surface area contributed by atoms with E-state index in [9.17, 15) is 9.59 Å². The molecule has 0 aromatic heterocycles. The maximum absolute atomic E-state index is 14.3. The molecule has 9 atom stereocenters. The summed E-state index contributed by atoms with van der Waals surface area (Å²) in [6.45, 7) is 28.0. The Labute approximate surface area is 287 Å². The molecule has 2 nitrogen and oxygen atoms in total. The second-order valence-corrected chi connectivity index (χ2v) is 17.1. The van der Waals surface area contributed by atoms with E-state index in [1.54, 1.807) is 0 Å². The zero-order valence-electron chi connectivity index (χ0n) is 32.2. The van der Waals surface area contributed by atoms with Gasteiger partial charge in [0.05, 0.1) is 0 Å². The molecule has 0 radical (unpaired) electrons. The van der Waals surface area contributed by atoms with Crippen molar-refractivity contribution in [3.63, 3.8) is 0 Å². The maximum Gasteiger partial charge on any atom is 0.139 e. The molecule has 0 aliphatic heterocycles. The van der Waals surface area contributed by atoms with Crippen molar-refractivity contribution in [1.29, 1.82) is 0 Å². The summed E-state index contributed by atoms with van der Waals surface area (Å²) in [5, 5.41) is 0. The van der Waals surface area contributed by atoms with Gasteiger partial charge in [0.2, 0.25) is 0 Å². The monoisotopic (exact) mass is 637 g/mol. The van der Waals surface area contributed by atoms with Crippen LogP contribution >= 0.6 is 0 Å². The van der Waals surface area contributed by atoms with Crippen LogP contribution in [0.15, 0.2) is 36.0 Å². The highest BCUT2D eigenvalue weighted by atomic mass is 16.1. The molecule has 0 heterocycles. The molecule has 264 valence electrons. The average molecular weight is 637 g/mol. The van der Waals surface area contributed by atoms with Crippen LogP contribution in [0.3, 0.4) is 0 Å². The molecule has 1 saturated carbocycles. The fourth-order valence-corrected chi connectivity index (χ4v) is 8.92. The van der Waals surface area contributed by atoms with Crippen molar-refractivity contribution in [2.75, 3.05) is 0 Å². The minimum Gasteiger partial charge on any atom is -0.299 e. The molecule has 0 N–H and O–H groups in total. The van der Waals surface area contributed by atoms with Crippen LogP contribution in [0.1, 0.15) is 166 Å². The summed E-state index contributed by atoms with van der Waals surface area (Å²) in [4.78, 5) is 28.6. The molecule has 0 aromatic carbocycles. The van der Waals surface area contributed by atoms with Crippen LogP contribution in [0, 0.1) is 65.1 Å². The molecule has 2 aliphatic carbocycles. The molecule has 0 aromatic rings. The van der Waals surface area contributed by atoms with E-state index in [0.29, 0.717) is 47.7 Å². The van der Waals surface area contributed by atoms with Gasteiger partial charge in [0, 0.05) is 24.2 Å². The highest BCUT2D eigenvalue weighted by Crippen LogP contribution is 2.39. The van der Waals surface area contributed by atoms with Crippen LogP contribution in [0.2, 0.25) is 0 Å². The maximum atomic E-state index is 14.3. The van der Waals surface area contributed by atoms with Crippen molar-refractivity contribution in [3.05, 3.63) is 36.0 Å². The third-order valence-corrected chi connectivity index (χ3v) is 12.3. The Morgan fingerprint density at radius 1 is 0.826 bits per heavy atom. The van der Waals surface area contributed by atoms with Crippen molar-refractivity contribution in [2.45, 2.75) is 166 Å². The van der Waals surface area contributed by atoms with Crippen LogP contribution in [0.25, 0.3) is 0 Å². The summed E-state index contributed by atoms with van der Waals surface area (Å²) in [6, 6.07) is 0. The van der Waals surface area contributed by atoms with E-state index in [2.05, 4.69) is 94.0 Å². The van der Waals surface area contributed by atoms with E-state index in [0.717, 1.165) is 50.4 Å². The van der Waals surface area contributed by atoms with Crippen molar-refractivity contribution in [1.82, 2.24) is 0 Å². The van der Waals surface area contributed by atoms with Gasteiger partial charge in [-0.25, -0.2) is 0 Å². The summed E-state index contributed by atoms with van der Waals surface area (Å²) in [5.41, 5.74) is 2.51. The van der Waals surface area contributed by atoms with Crippen LogP contribution in [0.5, 0.6) is 0 Å². The Bertz CT molecular complexity index is 982. The number of rotatable bonds is 7. The first kappa shape index (κ1) is 40.7. The van der Waals surface area contributed by atoms with Gasteiger partial charge in [0.25, 0.3) is 0 Å². The van der Waals surface area contributed by atoms with Gasteiger partial charge in [-0.1, -0.05) is 150 Å². The Balaban J connectivity index is 2.42. The smallest absolute Gasteiger partial charge is 0.139 e. The van der Waals surface area contributed by atoms with Crippen LogP contribution < -0.4 is 0 Å². The minimum atomic E-state index is -0.180. The summed E-state index contributed by atoms with van der Waals surface area (Å²) >= 11 is 0. The second-order valence-electron chi connectivity index (χ2n) is 17.1. The first-order valence-corrected chi connectivity index (χ1v) is 19.8. The van der Waals surface area contributed by atoms with E-state index in [4.69, 9.17) is 0 Å². The summed E-state index contributed by atoms with van der Waals surface area (Å²) in [6.07, 6.45) is 22.7. The van der Waals surface area contributed by atoms with Crippen LogP contribution in [0.4, 0.5) is 0 Å². The predicted octanol–water partition coefficient (Wildman–Crippen LogP) is 13.0. The van der Waals surface area contributed by atoms with Gasteiger partial charge in [-0.3, -0.25) is 9.59 Å². The molecule has 46 heavy (non-hydrogen) atoms. The van der Waals surface area contributed by atoms with Crippen molar-refractivity contribution < 1.29 is 9.59 Å². The molecule has 0 bridgehead atoms. The molecule has 1 fully saturated rings. The molecule has 8 unspecified atom stereocenters. The summed E-state index contributed by atoms with van der Waals surface area (Å²) in [7, 11) is 0. The highest BCUT2D eigenvalue weighted by molar-refractivity contribution is 5.90. The third kappa shape index (κ3) is 13.6. The molecule has 2 aliphatic rings. The number of hydrogen-bond acceptors (Lipinski definition) is 2. The number of ketones is 2. The fraction of sp³-hybridized carbons (Fsp3) is 0.818. The standard InChI is InChI=1S/C44H76O2/c1-12-19-39-26-36(10)44(46)41(24-30(2)3)29-43(45)40(28-38-22-17-14-18-23-38)25-34(8)37(11)32(6)20-15-13-16-21-33(7)42(31(4)5)27-35(39)9/h17,22-23,30-33,35-37,39-42H,8,12-16,18-21,24-29H2,1-7,9-11H3/t32?,33?,35?,36?,37?,39?,40?,41-,42?/m1/s1. The molecular weight excluding hydrogens is 560 g/mol. The van der Waals surface area contributed by atoms with Gasteiger partial charge in [-0.2, -0.15) is 0 Å². The van der Waals surface area contributed by atoms with Crippen molar-refractivity contribution >= 4 is 11.6 Å². The molecule has 0 spiro atoms. The molecule has 0 amide bonds. The zero-order valence-corrected chi connectivity index (χ0v) is 32.2.